The van der Waals surface area contributed by atoms with Crippen LogP contribution in [0.1, 0.15) is 21.5 Å². The first-order valence-corrected chi connectivity index (χ1v) is 7.47. The van der Waals surface area contributed by atoms with Gasteiger partial charge in [0.2, 0.25) is 0 Å². The van der Waals surface area contributed by atoms with E-state index in [-0.39, 0.29) is 10.6 Å². The predicted molar refractivity (Wildman–Crippen MR) is 82.6 cm³/mol. The van der Waals surface area contributed by atoms with Crippen molar-refractivity contribution in [2.75, 3.05) is 7.11 Å². The smallest absolute Gasteiger partial charge is 0.137 e. The average Bonchev–Trinajstić information content (AvgIpc) is 2.41. The summed E-state index contributed by atoms with van der Waals surface area (Å²) in [5, 5.41) is 0. The second-order valence-electron chi connectivity index (χ2n) is 4.27. The molecular formula is C15H13Br2FO. The van der Waals surface area contributed by atoms with Crippen molar-refractivity contribution in [2.24, 2.45) is 0 Å². The number of benzene rings is 2. The number of ether oxygens (including phenoxy) is 1. The first-order chi connectivity index (χ1) is 9.02. The highest BCUT2D eigenvalue weighted by Crippen LogP contribution is 2.34. The molecule has 0 aromatic heterocycles. The Morgan fingerprint density at radius 1 is 1.11 bits per heavy atom. The molecule has 19 heavy (non-hydrogen) atoms. The highest BCUT2D eigenvalue weighted by Gasteiger charge is 2.13. The van der Waals surface area contributed by atoms with Gasteiger partial charge in [-0.25, -0.2) is 4.39 Å². The lowest BCUT2D eigenvalue weighted by Crippen LogP contribution is -1.96. The molecule has 1 nitrogen and oxygen atoms in total. The van der Waals surface area contributed by atoms with Crippen LogP contribution in [0.4, 0.5) is 4.39 Å². The minimum Gasteiger partial charge on any atom is -0.496 e. The first-order valence-electron chi connectivity index (χ1n) is 5.76. The molecule has 0 spiro atoms. The van der Waals surface area contributed by atoms with Gasteiger partial charge in [0, 0.05) is 0 Å². The van der Waals surface area contributed by atoms with Crippen LogP contribution in [0.3, 0.4) is 0 Å². The largest absolute Gasteiger partial charge is 0.496 e. The molecule has 0 aliphatic heterocycles. The summed E-state index contributed by atoms with van der Waals surface area (Å²) in [6, 6.07) is 11.1. The molecule has 1 atom stereocenters. The van der Waals surface area contributed by atoms with E-state index in [9.17, 15) is 4.39 Å². The molecule has 2 aromatic carbocycles. The van der Waals surface area contributed by atoms with Crippen molar-refractivity contribution in [1.82, 2.24) is 0 Å². The van der Waals surface area contributed by atoms with Gasteiger partial charge in [0.05, 0.1) is 16.4 Å². The Morgan fingerprint density at radius 2 is 1.74 bits per heavy atom. The molecule has 1 unspecified atom stereocenters. The van der Waals surface area contributed by atoms with Crippen LogP contribution in [0.2, 0.25) is 0 Å². The lowest BCUT2D eigenvalue weighted by Gasteiger charge is -2.13. The normalized spacial score (nSPS) is 12.3. The quantitative estimate of drug-likeness (QED) is 0.641. The van der Waals surface area contributed by atoms with Crippen molar-refractivity contribution in [3.8, 4) is 5.75 Å². The Bertz CT molecular complexity index is 599. The number of alkyl halides is 1. The van der Waals surface area contributed by atoms with E-state index in [1.54, 1.807) is 13.2 Å². The monoisotopic (exact) mass is 386 g/mol. The van der Waals surface area contributed by atoms with Gasteiger partial charge in [-0.2, -0.15) is 0 Å². The summed E-state index contributed by atoms with van der Waals surface area (Å²) < 4.78 is 19.3. The second-order valence-corrected chi connectivity index (χ2v) is 6.04. The van der Waals surface area contributed by atoms with Crippen molar-refractivity contribution >= 4 is 31.9 Å². The Hall–Kier alpha value is -0.870. The van der Waals surface area contributed by atoms with Gasteiger partial charge in [0.15, 0.2) is 0 Å². The maximum absolute atomic E-state index is 13.6. The number of hydrogen-bond donors (Lipinski definition) is 0. The van der Waals surface area contributed by atoms with Crippen LogP contribution in [0.15, 0.2) is 40.9 Å². The Balaban J connectivity index is 2.35. The molecule has 100 valence electrons. The number of rotatable bonds is 3. The summed E-state index contributed by atoms with van der Waals surface area (Å²) in [5.74, 6) is 0.595. The molecule has 0 aliphatic rings. The van der Waals surface area contributed by atoms with Crippen LogP contribution in [0.5, 0.6) is 5.75 Å². The molecular weight excluding hydrogens is 375 g/mol. The Labute approximate surface area is 129 Å². The zero-order valence-corrected chi connectivity index (χ0v) is 13.8. The van der Waals surface area contributed by atoms with E-state index in [2.05, 4.69) is 31.9 Å². The van der Waals surface area contributed by atoms with Gasteiger partial charge in [0.1, 0.15) is 11.6 Å². The average molecular weight is 388 g/mol. The van der Waals surface area contributed by atoms with Crippen LogP contribution in [0.25, 0.3) is 0 Å². The maximum Gasteiger partial charge on any atom is 0.137 e. The Kier molecular flexibility index (Phi) is 4.63. The maximum atomic E-state index is 13.6. The Morgan fingerprint density at radius 3 is 2.32 bits per heavy atom. The third-order valence-corrected chi connectivity index (χ3v) is 4.65. The topological polar surface area (TPSA) is 9.23 Å². The fourth-order valence-corrected chi connectivity index (χ4v) is 2.74. The molecule has 0 bridgehead atoms. The molecule has 4 heteroatoms. The van der Waals surface area contributed by atoms with E-state index < -0.39 is 0 Å². The van der Waals surface area contributed by atoms with E-state index in [0.717, 1.165) is 22.4 Å². The molecule has 0 radical (unpaired) electrons. The van der Waals surface area contributed by atoms with Gasteiger partial charge in [-0.3, -0.25) is 0 Å². The highest BCUT2D eigenvalue weighted by atomic mass is 79.9. The van der Waals surface area contributed by atoms with E-state index >= 15 is 0 Å². The highest BCUT2D eigenvalue weighted by molar-refractivity contribution is 9.10. The summed E-state index contributed by atoms with van der Waals surface area (Å²) >= 11 is 6.77. The molecule has 0 fully saturated rings. The third-order valence-electron chi connectivity index (χ3n) is 2.95. The third kappa shape index (κ3) is 3.18. The first kappa shape index (κ1) is 14.5. The van der Waals surface area contributed by atoms with Crippen molar-refractivity contribution < 1.29 is 9.13 Å². The van der Waals surface area contributed by atoms with Gasteiger partial charge in [-0.05, 0) is 57.7 Å². The zero-order valence-electron chi connectivity index (χ0n) is 10.6. The fourth-order valence-electron chi connectivity index (χ4n) is 1.92. The standard InChI is InChI=1S/C15H13Br2FO/c1-9-7-10(4-6-14(9)19-2)15(17)11-3-5-12(16)13(18)8-11/h3-8,15H,1-2H3. The zero-order chi connectivity index (χ0) is 14.0. The molecule has 0 heterocycles. The summed E-state index contributed by atoms with van der Waals surface area (Å²) in [6.07, 6.45) is 0. The minimum absolute atomic E-state index is 0.0419. The summed E-state index contributed by atoms with van der Waals surface area (Å²) in [4.78, 5) is -0.0419. The molecule has 2 rings (SSSR count). The fraction of sp³-hybridized carbons (Fsp3) is 0.200. The van der Waals surface area contributed by atoms with Gasteiger partial charge >= 0.3 is 0 Å². The number of aryl methyl sites for hydroxylation is 1. The molecule has 0 saturated carbocycles. The van der Waals surface area contributed by atoms with E-state index in [1.807, 2.05) is 31.2 Å². The van der Waals surface area contributed by atoms with Crippen molar-refractivity contribution in [1.29, 1.82) is 0 Å². The van der Waals surface area contributed by atoms with Crippen LogP contribution in [0, 0.1) is 12.7 Å². The van der Waals surface area contributed by atoms with E-state index in [4.69, 9.17) is 4.74 Å². The lowest BCUT2D eigenvalue weighted by molar-refractivity contribution is 0.411. The molecule has 0 amide bonds. The van der Waals surface area contributed by atoms with Gasteiger partial charge < -0.3 is 4.74 Å². The van der Waals surface area contributed by atoms with Crippen LogP contribution in [-0.4, -0.2) is 7.11 Å². The number of methoxy groups -OCH3 is 1. The predicted octanol–water partition coefficient (Wildman–Crippen LogP) is 5.39. The summed E-state index contributed by atoms with van der Waals surface area (Å²) in [6.45, 7) is 1.99. The van der Waals surface area contributed by atoms with Crippen LogP contribution in [-0.2, 0) is 0 Å². The molecule has 0 saturated heterocycles. The lowest BCUT2D eigenvalue weighted by atomic mass is 10.0. The van der Waals surface area contributed by atoms with Gasteiger partial charge in [0.25, 0.3) is 0 Å². The molecule has 0 aliphatic carbocycles. The van der Waals surface area contributed by atoms with Crippen molar-refractivity contribution in [2.45, 2.75) is 11.8 Å². The minimum atomic E-state index is -0.257. The summed E-state index contributed by atoms with van der Waals surface area (Å²) in [7, 11) is 1.65. The van der Waals surface area contributed by atoms with Gasteiger partial charge in [-0.15, -0.1) is 0 Å². The molecule has 2 aromatic rings. The van der Waals surface area contributed by atoms with E-state index in [1.165, 1.54) is 6.07 Å². The van der Waals surface area contributed by atoms with Crippen LogP contribution < -0.4 is 4.74 Å². The van der Waals surface area contributed by atoms with Gasteiger partial charge in [-0.1, -0.05) is 34.1 Å². The van der Waals surface area contributed by atoms with Crippen molar-refractivity contribution in [3.05, 3.63) is 63.4 Å². The summed E-state index contributed by atoms with van der Waals surface area (Å²) in [5.41, 5.74) is 3.01. The number of hydrogen-bond acceptors (Lipinski definition) is 1. The van der Waals surface area contributed by atoms with Crippen molar-refractivity contribution in [3.63, 3.8) is 0 Å². The van der Waals surface area contributed by atoms with E-state index in [0.29, 0.717) is 4.47 Å². The SMILES string of the molecule is COc1ccc(C(Br)c2ccc(Br)c(F)c2)cc1C. The second kappa shape index (κ2) is 6.06. The number of halogens is 3. The van der Waals surface area contributed by atoms with Crippen LogP contribution >= 0.6 is 31.9 Å². The molecule has 0 N–H and O–H groups in total.